The number of hydrogen-bond donors (Lipinski definition) is 2. The van der Waals surface area contributed by atoms with E-state index in [-0.39, 0.29) is 11.8 Å². The van der Waals surface area contributed by atoms with Gasteiger partial charge in [-0.25, -0.2) is 0 Å². The summed E-state index contributed by atoms with van der Waals surface area (Å²) >= 11 is 0. The van der Waals surface area contributed by atoms with Crippen LogP contribution >= 0.6 is 0 Å². The van der Waals surface area contributed by atoms with Gasteiger partial charge in [0.15, 0.2) is 0 Å². The van der Waals surface area contributed by atoms with E-state index in [0.29, 0.717) is 6.04 Å². The van der Waals surface area contributed by atoms with Crippen molar-refractivity contribution < 1.29 is 4.79 Å². The normalized spacial score (nSPS) is 26.2. The Hall–Kier alpha value is -0.610. The average molecular weight is 185 g/mol. The van der Waals surface area contributed by atoms with Gasteiger partial charge in [0.25, 0.3) is 0 Å². The highest BCUT2D eigenvalue weighted by Gasteiger charge is 2.23. The Morgan fingerprint density at radius 3 is 2.92 bits per heavy atom. The van der Waals surface area contributed by atoms with E-state index in [1.54, 1.807) is 0 Å². The van der Waals surface area contributed by atoms with Crippen LogP contribution in [0.2, 0.25) is 0 Å². The van der Waals surface area contributed by atoms with Crippen LogP contribution < -0.4 is 11.1 Å². The second kappa shape index (κ2) is 4.58. The highest BCUT2D eigenvalue weighted by atomic mass is 16.1. The van der Waals surface area contributed by atoms with Crippen LogP contribution in [0.15, 0.2) is 0 Å². The first kappa shape index (κ1) is 10.5. The summed E-state index contributed by atoms with van der Waals surface area (Å²) in [6, 6.07) is 0.583. The molecule has 1 heterocycles. The van der Waals surface area contributed by atoms with Crippen molar-refractivity contribution in [2.24, 2.45) is 11.7 Å². The molecule has 76 valence electrons. The number of carbonyl (C=O) groups excluding carboxylic acids is 1. The van der Waals surface area contributed by atoms with Gasteiger partial charge in [0.1, 0.15) is 0 Å². The van der Waals surface area contributed by atoms with E-state index in [1.165, 1.54) is 6.42 Å². The van der Waals surface area contributed by atoms with Gasteiger partial charge in [-0.05, 0) is 20.0 Å². The number of nitrogens with two attached hydrogens (primary N) is 1. The lowest BCUT2D eigenvalue weighted by atomic mass is 10.1. The van der Waals surface area contributed by atoms with Crippen LogP contribution in [-0.4, -0.2) is 43.5 Å². The van der Waals surface area contributed by atoms with Crippen LogP contribution in [0.4, 0.5) is 0 Å². The summed E-state index contributed by atoms with van der Waals surface area (Å²) in [6.45, 7) is 4.79. The molecule has 1 amide bonds. The molecule has 13 heavy (non-hydrogen) atoms. The Balaban J connectivity index is 2.27. The average Bonchev–Trinajstić information content (AvgIpc) is 2.52. The SMILES string of the molecule is CNC1CCN(CC(C)C(N)=O)C1. The molecule has 0 bridgehead atoms. The van der Waals surface area contributed by atoms with Crippen molar-refractivity contribution in [2.75, 3.05) is 26.7 Å². The predicted octanol–water partition coefficient (Wildman–Crippen LogP) is -0.598. The minimum atomic E-state index is -0.201. The van der Waals surface area contributed by atoms with Gasteiger partial charge >= 0.3 is 0 Å². The second-order valence-corrected chi connectivity index (χ2v) is 3.84. The van der Waals surface area contributed by atoms with Crippen molar-refractivity contribution in [2.45, 2.75) is 19.4 Å². The Morgan fingerprint density at radius 2 is 2.46 bits per heavy atom. The van der Waals surface area contributed by atoms with Gasteiger partial charge in [-0.1, -0.05) is 6.92 Å². The summed E-state index contributed by atoms with van der Waals surface area (Å²) < 4.78 is 0. The summed E-state index contributed by atoms with van der Waals surface area (Å²) in [7, 11) is 1.98. The van der Waals surface area contributed by atoms with Gasteiger partial charge in [-0.15, -0.1) is 0 Å². The van der Waals surface area contributed by atoms with Gasteiger partial charge < -0.3 is 16.0 Å². The van der Waals surface area contributed by atoms with Gasteiger partial charge in [0.05, 0.1) is 0 Å². The Morgan fingerprint density at radius 1 is 1.77 bits per heavy atom. The van der Waals surface area contributed by atoms with E-state index in [4.69, 9.17) is 5.73 Å². The standard InChI is InChI=1S/C9H19N3O/c1-7(9(10)13)5-12-4-3-8(6-12)11-2/h7-8,11H,3-6H2,1-2H3,(H2,10,13). The van der Waals surface area contributed by atoms with Crippen LogP contribution in [0.3, 0.4) is 0 Å². The first-order chi connectivity index (χ1) is 6.13. The lowest BCUT2D eigenvalue weighted by molar-refractivity contribution is -0.121. The third-order valence-electron chi connectivity index (χ3n) is 2.70. The number of amides is 1. The number of likely N-dealkylation sites (N-methyl/N-ethyl adjacent to an activating group) is 1. The van der Waals surface area contributed by atoms with Crippen molar-refractivity contribution in [1.82, 2.24) is 10.2 Å². The number of likely N-dealkylation sites (tertiary alicyclic amines) is 1. The summed E-state index contributed by atoms with van der Waals surface area (Å²) in [6.07, 6.45) is 1.17. The van der Waals surface area contributed by atoms with Crippen molar-refractivity contribution in [3.05, 3.63) is 0 Å². The zero-order valence-corrected chi connectivity index (χ0v) is 8.42. The van der Waals surface area contributed by atoms with Gasteiger partial charge in [0.2, 0.25) is 5.91 Å². The number of rotatable bonds is 4. The number of primary amides is 1. The molecule has 0 saturated carbocycles. The quantitative estimate of drug-likeness (QED) is 0.615. The van der Waals surface area contributed by atoms with Crippen LogP contribution in [0.25, 0.3) is 0 Å². The number of carbonyl (C=O) groups is 1. The maximum atomic E-state index is 10.8. The summed E-state index contributed by atoms with van der Waals surface area (Å²) in [4.78, 5) is 13.1. The van der Waals surface area contributed by atoms with E-state index < -0.39 is 0 Å². The van der Waals surface area contributed by atoms with Gasteiger partial charge in [-0.2, -0.15) is 0 Å². The third kappa shape index (κ3) is 2.97. The molecular formula is C9H19N3O. The summed E-state index contributed by atoms with van der Waals surface area (Å²) in [5.74, 6) is -0.233. The lowest BCUT2D eigenvalue weighted by Gasteiger charge is -2.18. The monoisotopic (exact) mass is 185 g/mol. The van der Waals surface area contributed by atoms with E-state index >= 15 is 0 Å². The molecule has 1 aliphatic rings. The van der Waals surface area contributed by atoms with E-state index in [2.05, 4.69) is 10.2 Å². The lowest BCUT2D eigenvalue weighted by Crippen LogP contribution is -2.35. The minimum absolute atomic E-state index is 0.0318. The van der Waals surface area contributed by atoms with Crippen LogP contribution in [0.1, 0.15) is 13.3 Å². The molecule has 1 aliphatic heterocycles. The molecular weight excluding hydrogens is 166 g/mol. The molecule has 3 N–H and O–H groups in total. The zero-order valence-electron chi connectivity index (χ0n) is 8.42. The Labute approximate surface area is 79.5 Å². The van der Waals surface area contributed by atoms with E-state index in [1.807, 2.05) is 14.0 Å². The Bertz CT molecular complexity index is 184. The fraction of sp³-hybridized carbons (Fsp3) is 0.889. The maximum Gasteiger partial charge on any atom is 0.221 e. The molecule has 0 aromatic rings. The fourth-order valence-electron chi connectivity index (χ4n) is 1.71. The third-order valence-corrected chi connectivity index (χ3v) is 2.70. The maximum absolute atomic E-state index is 10.8. The highest BCUT2D eigenvalue weighted by Crippen LogP contribution is 2.10. The first-order valence-corrected chi connectivity index (χ1v) is 4.82. The van der Waals surface area contributed by atoms with Gasteiger partial charge in [-0.3, -0.25) is 4.79 Å². The topological polar surface area (TPSA) is 58.4 Å². The zero-order chi connectivity index (χ0) is 9.84. The number of nitrogens with one attached hydrogen (secondary N) is 1. The molecule has 0 aliphatic carbocycles. The summed E-state index contributed by atoms with van der Waals surface area (Å²) in [5.41, 5.74) is 5.20. The van der Waals surface area contributed by atoms with E-state index in [0.717, 1.165) is 19.6 Å². The highest BCUT2D eigenvalue weighted by molar-refractivity contribution is 5.76. The van der Waals surface area contributed by atoms with Crippen LogP contribution in [-0.2, 0) is 4.79 Å². The molecule has 1 fully saturated rings. The molecule has 4 heteroatoms. The van der Waals surface area contributed by atoms with Crippen molar-refractivity contribution in [3.63, 3.8) is 0 Å². The largest absolute Gasteiger partial charge is 0.369 e. The second-order valence-electron chi connectivity index (χ2n) is 3.84. The van der Waals surface area contributed by atoms with Crippen molar-refractivity contribution in [3.8, 4) is 0 Å². The van der Waals surface area contributed by atoms with Crippen molar-refractivity contribution in [1.29, 1.82) is 0 Å². The molecule has 0 radical (unpaired) electrons. The number of nitrogens with zero attached hydrogens (tertiary/aromatic N) is 1. The summed E-state index contributed by atoms with van der Waals surface area (Å²) in [5, 5.41) is 3.24. The number of hydrogen-bond acceptors (Lipinski definition) is 3. The van der Waals surface area contributed by atoms with Crippen LogP contribution in [0, 0.1) is 5.92 Å². The van der Waals surface area contributed by atoms with Crippen LogP contribution in [0.5, 0.6) is 0 Å². The predicted molar refractivity (Wildman–Crippen MR) is 52.3 cm³/mol. The fourth-order valence-corrected chi connectivity index (χ4v) is 1.71. The molecule has 2 atom stereocenters. The minimum Gasteiger partial charge on any atom is -0.369 e. The smallest absolute Gasteiger partial charge is 0.221 e. The molecule has 4 nitrogen and oxygen atoms in total. The van der Waals surface area contributed by atoms with Crippen molar-refractivity contribution >= 4 is 5.91 Å². The molecule has 0 aromatic heterocycles. The molecule has 0 spiro atoms. The first-order valence-electron chi connectivity index (χ1n) is 4.82. The molecule has 1 saturated heterocycles. The molecule has 0 aromatic carbocycles. The van der Waals surface area contributed by atoms with E-state index in [9.17, 15) is 4.79 Å². The van der Waals surface area contributed by atoms with Gasteiger partial charge in [0, 0.05) is 25.0 Å². The molecule has 1 rings (SSSR count). The Kier molecular flexibility index (Phi) is 3.69. The molecule has 2 unspecified atom stereocenters.